The van der Waals surface area contributed by atoms with Crippen molar-refractivity contribution < 1.29 is 0 Å². The Morgan fingerprint density at radius 1 is 1.42 bits per heavy atom. The molecule has 0 spiro atoms. The highest BCUT2D eigenvalue weighted by Gasteiger charge is 2.27. The lowest BCUT2D eigenvalue weighted by Gasteiger charge is -2.22. The Labute approximate surface area is 113 Å². The van der Waals surface area contributed by atoms with Crippen molar-refractivity contribution in [3.8, 4) is 5.82 Å². The van der Waals surface area contributed by atoms with Crippen molar-refractivity contribution in [2.45, 2.75) is 38.5 Å². The monoisotopic (exact) mass is 256 g/mol. The largest absolute Gasteiger partial charge is 0.330 e. The van der Waals surface area contributed by atoms with E-state index in [1.807, 2.05) is 29.1 Å². The van der Waals surface area contributed by atoms with Gasteiger partial charge in [-0.05, 0) is 50.3 Å². The van der Waals surface area contributed by atoms with Crippen molar-refractivity contribution >= 4 is 0 Å². The Kier molecular flexibility index (Phi) is 3.34. The van der Waals surface area contributed by atoms with Gasteiger partial charge < -0.3 is 5.73 Å². The molecule has 0 aliphatic heterocycles. The molecule has 1 aliphatic rings. The van der Waals surface area contributed by atoms with Gasteiger partial charge in [0.1, 0.15) is 0 Å². The third-order valence-electron chi connectivity index (χ3n) is 3.96. The van der Waals surface area contributed by atoms with E-state index >= 15 is 0 Å². The lowest BCUT2D eigenvalue weighted by molar-refractivity contribution is 0.546. The first-order chi connectivity index (χ1) is 9.35. The molecule has 0 fully saturated rings. The molecule has 2 aromatic rings. The number of aryl methyl sites for hydroxylation is 1. The molecule has 3 rings (SSSR count). The van der Waals surface area contributed by atoms with Crippen LogP contribution < -0.4 is 5.73 Å². The highest BCUT2D eigenvalue weighted by molar-refractivity contribution is 5.38. The Hall–Kier alpha value is -1.68. The number of hydrogen-bond acceptors (Lipinski definition) is 3. The Bertz CT molecular complexity index is 559. The van der Waals surface area contributed by atoms with Gasteiger partial charge in [-0.25, -0.2) is 9.67 Å². The van der Waals surface area contributed by atoms with Crippen LogP contribution in [0.15, 0.2) is 24.4 Å². The molecule has 1 unspecified atom stereocenters. The molecule has 2 N–H and O–H groups in total. The highest BCUT2D eigenvalue weighted by atomic mass is 15.3. The predicted octanol–water partition coefficient (Wildman–Crippen LogP) is 2.21. The van der Waals surface area contributed by atoms with E-state index in [-0.39, 0.29) is 0 Å². The smallest absolute Gasteiger partial charge is 0.153 e. The molecule has 0 bridgehead atoms. The molecule has 0 saturated heterocycles. The van der Waals surface area contributed by atoms with Crippen molar-refractivity contribution in [3.63, 3.8) is 0 Å². The van der Waals surface area contributed by atoms with E-state index in [0.29, 0.717) is 12.5 Å². The summed E-state index contributed by atoms with van der Waals surface area (Å²) in [6, 6.07) is 5.95. The minimum atomic E-state index is 0.469. The van der Waals surface area contributed by atoms with Crippen LogP contribution in [0, 0.1) is 0 Å². The molecule has 0 radical (unpaired) electrons. The van der Waals surface area contributed by atoms with Crippen molar-refractivity contribution in [2.24, 2.45) is 5.73 Å². The molecule has 1 atom stereocenters. The van der Waals surface area contributed by atoms with Gasteiger partial charge in [0, 0.05) is 17.5 Å². The average Bonchev–Trinajstić information content (AvgIpc) is 2.87. The summed E-state index contributed by atoms with van der Waals surface area (Å²) in [7, 11) is 0. The first-order valence-corrected chi connectivity index (χ1v) is 7.07. The van der Waals surface area contributed by atoms with Crippen molar-refractivity contribution in [2.75, 3.05) is 6.54 Å². The molecule has 2 aromatic heterocycles. The molecule has 0 saturated carbocycles. The van der Waals surface area contributed by atoms with E-state index in [0.717, 1.165) is 18.7 Å². The van der Waals surface area contributed by atoms with E-state index in [1.54, 1.807) is 0 Å². The second kappa shape index (κ2) is 5.13. The SMILES string of the molecule is CCc1nn(-c2ccccn2)c2c1C(CN)CCC2. The second-order valence-corrected chi connectivity index (χ2v) is 5.09. The maximum Gasteiger partial charge on any atom is 0.153 e. The minimum absolute atomic E-state index is 0.469. The summed E-state index contributed by atoms with van der Waals surface area (Å²) >= 11 is 0. The maximum absolute atomic E-state index is 5.94. The zero-order valence-electron chi connectivity index (χ0n) is 11.3. The molecule has 0 aromatic carbocycles. The van der Waals surface area contributed by atoms with Crippen LogP contribution in [0.3, 0.4) is 0 Å². The van der Waals surface area contributed by atoms with Crippen LogP contribution in [0.25, 0.3) is 5.82 Å². The Balaban J connectivity index is 2.15. The van der Waals surface area contributed by atoms with Crippen molar-refractivity contribution in [3.05, 3.63) is 41.3 Å². The third kappa shape index (κ3) is 2.06. The van der Waals surface area contributed by atoms with Crippen LogP contribution in [0.1, 0.15) is 42.6 Å². The van der Waals surface area contributed by atoms with E-state index < -0.39 is 0 Å². The zero-order valence-corrected chi connectivity index (χ0v) is 11.3. The summed E-state index contributed by atoms with van der Waals surface area (Å²) in [5, 5.41) is 4.78. The predicted molar refractivity (Wildman–Crippen MR) is 75.5 cm³/mol. The fourth-order valence-electron chi connectivity index (χ4n) is 3.05. The van der Waals surface area contributed by atoms with Crippen molar-refractivity contribution in [1.82, 2.24) is 14.8 Å². The number of rotatable bonds is 3. The van der Waals surface area contributed by atoms with Gasteiger partial charge in [-0.3, -0.25) is 0 Å². The quantitative estimate of drug-likeness (QED) is 0.916. The fraction of sp³-hybridized carbons (Fsp3) is 0.467. The number of aromatic nitrogens is 3. The summed E-state index contributed by atoms with van der Waals surface area (Å²) in [6.45, 7) is 2.88. The zero-order chi connectivity index (χ0) is 13.2. The minimum Gasteiger partial charge on any atom is -0.330 e. The van der Waals surface area contributed by atoms with Gasteiger partial charge >= 0.3 is 0 Å². The van der Waals surface area contributed by atoms with Crippen LogP contribution in [0.5, 0.6) is 0 Å². The van der Waals surface area contributed by atoms with E-state index in [1.165, 1.54) is 29.8 Å². The normalized spacial score (nSPS) is 18.3. The lowest BCUT2D eigenvalue weighted by Crippen LogP contribution is -2.19. The van der Waals surface area contributed by atoms with Crippen LogP contribution in [-0.2, 0) is 12.8 Å². The van der Waals surface area contributed by atoms with Gasteiger partial charge in [0.15, 0.2) is 5.82 Å². The third-order valence-corrected chi connectivity index (χ3v) is 3.96. The maximum atomic E-state index is 5.94. The second-order valence-electron chi connectivity index (χ2n) is 5.09. The van der Waals surface area contributed by atoms with Gasteiger partial charge in [-0.2, -0.15) is 5.10 Å². The van der Waals surface area contributed by atoms with Gasteiger partial charge in [0.2, 0.25) is 0 Å². The highest BCUT2D eigenvalue weighted by Crippen LogP contribution is 2.34. The lowest BCUT2D eigenvalue weighted by atomic mass is 9.85. The number of nitrogens with zero attached hydrogens (tertiary/aromatic N) is 3. The number of fused-ring (bicyclic) bond motifs is 1. The Morgan fingerprint density at radius 3 is 3.00 bits per heavy atom. The number of nitrogens with two attached hydrogens (primary N) is 1. The van der Waals surface area contributed by atoms with Crippen LogP contribution in [-0.4, -0.2) is 21.3 Å². The summed E-state index contributed by atoms with van der Waals surface area (Å²) < 4.78 is 2.02. The summed E-state index contributed by atoms with van der Waals surface area (Å²) in [4.78, 5) is 4.42. The number of hydrogen-bond donors (Lipinski definition) is 1. The average molecular weight is 256 g/mol. The van der Waals surface area contributed by atoms with E-state index in [4.69, 9.17) is 10.8 Å². The van der Waals surface area contributed by atoms with Gasteiger partial charge in [-0.1, -0.05) is 13.0 Å². The van der Waals surface area contributed by atoms with Gasteiger partial charge in [0.05, 0.1) is 5.69 Å². The van der Waals surface area contributed by atoms with Gasteiger partial charge in [0.25, 0.3) is 0 Å². The molecule has 19 heavy (non-hydrogen) atoms. The molecular weight excluding hydrogens is 236 g/mol. The van der Waals surface area contributed by atoms with Crippen LogP contribution in [0.2, 0.25) is 0 Å². The first kappa shape index (κ1) is 12.4. The summed E-state index contributed by atoms with van der Waals surface area (Å²) in [5.74, 6) is 1.38. The number of pyridine rings is 1. The van der Waals surface area contributed by atoms with Crippen LogP contribution >= 0.6 is 0 Å². The molecule has 4 heteroatoms. The summed E-state index contributed by atoms with van der Waals surface area (Å²) in [5.41, 5.74) is 9.84. The molecule has 0 amide bonds. The van der Waals surface area contributed by atoms with Crippen molar-refractivity contribution in [1.29, 1.82) is 0 Å². The molecule has 4 nitrogen and oxygen atoms in total. The summed E-state index contributed by atoms with van der Waals surface area (Å²) in [6.07, 6.45) is 6.23. The Morgan fingerprint density at radius 2 is 2.32 bits per heavy atom. The first-order valence-electron chi connectivity index (χ1n) is 7.07. The van der Waals surface area contributed by atoms with E-state index in [2.05, 4.69) is 11.9 Å². The molecule has 2 heterocycles. The van der Waals surface area contributed by atoms with Crippen LogP contribution in [0.4, 0.5) is 0 Å². The van der Waals surface area contributed by atoms with Gasteiger partial charge in [-0.15, -0.1) is 0 Å². The molecule has 100 valence electrons. The standard InChI is InChI=1S/C15H20N4/c1-2-12-15-11(10-16)6-5-7-13(15)19(18-12)14-8-3-4-9-17-14/h3-4,8-9,11H,2,5-7,10,16H2,1H3. The molecule has 1 aliphatic carbocycles. The fourth-order valence-corrected chi connectivity index (χ4v) is 3.05. The van der Waals surface area contributed by atoms with E-state index in [9.17, 15) is 0 Å². The topological polar surface area (TPSA) is 56.7 Å². The molecular formula is C15H20N4.